The number of nitro groups is 1. The molecule has 0 N–H and O–H groups in total. The van der Waals surface area contributed by atoms with Gasteiger partial charge in [0.1, 0.15) is 0 Å². The molecule has 0 amide bonds. The summed E-state index contributed by atoms with van der Waals surface area (Å²) in [4.78, 5) is 21.3. The third kappa shape index (κ3) is 5.09. The van der Waals surface area contributed by atoms with Gasteiger partial charge in [-0.25, -0.2) is 0 Å². The molecule has 0 saturated carbocycles. The van der Waals surface area contributed by atoms with Crippen molar-refractivity contribution in [1.29, 1.82) is 0 Å². The molecule has 0 aliphatic rings. The molecule has 0 bridgehead atoms. The van der Waals surface area contributed by atoms with Crippen molar-refractivity contribution < 1.29 is 19.2 Å². The number of carbonyl (C=O) groups excluding carboxylic acids is 1. The Kier molecular flexibility index (Phi) is 6.22. The maximum absolute atomic E-state index is 11.6. The monoisotopic (exact) mass is 279 g/mol. The molecule has 0 aromatic heterocycles. The molecule has 0 radical (unpaired) electrons. The first-order chi connectivity index (χ1) is 9.56. The van der Waals surface area contributed by atoms with Crippen LogP contribution in [0, 0.1) is 10.1 Å². The van der Waals surface area contributed by atoms with E-state index in [0.29, 0.717) is 23.5 Å². The van der Waals surface area contributed by atoms with Crippen molar-refractivity contribution in [2.45, 2.75) is 26.2 Å². The zero-order chi connectivity index (χ0) is 15.0. The number of hydrogen-bond donors (Lipinski definition) is 0. The van der Waals surface area contributed by atoms with Crippen molar-refractivity contribution >= 4 is 12.0 Å². The van der Waals surface area contributed by atoms with Gasteiger partial charge in [-0.2, -0.15) is 0 Å². The number of esters is 1. The van der Waals surface area contributed by atoms with E-state index in [-0.39, 0.29) is 5.97 Å². The quantitative estimate of drug-likeness (QED) is 0.332. The Morgan fingerprint density at radius 1 is 1.40 bits per heavy atom. The molecule has 6 heteroatoms. The maximum atomic E-state index is 11.6. The fraction of sp³-hybridized carbons (Fsp3) is 0.357. The normalized spacial score (nSPS) is 10.5. The molecule has 20 heavy (non-hydrogen) atoms. The van der Waals surface area contributed by atoms with Crippen LogP contribution in [0.5, 0.6) is 11.5 Å². The molecule has 0 atom stereocenters. The molecule has 1 aromatic rings. The van der Waals surface area contributed by atoms with Crippen LogP contribution in [0.1, 0.15) is 31.7 Å². The minimum Gasteiger partial charge on any atom is -0.493 e. The third-order valence-electron chi connectivity index (χ3n) is 2.53. The summed E-state index contributed by atoms with van der Waals surface area (Å²) in [6.07, 6.45) is 4.21. The molecule has 108 valence electrons. The minimum atomic E-state index is -0.550. The molecule has 1 rings (SSSR count). The summed E-state index contributed by atoms with van der Waals surface area (Å²) in [5, 5.41) is 10.3. The summed E-state index contributed by atoms with van der Waals surface area (Å²) < 4.78 is 10.3. The van der Waals surface area contributed by atoms with Gasteiger partial charge in [0.15, 0.2) is 11.5 Å². The fourth-order valence-corrected chi connectivity index (χ4v) is 1.51. The predicted molar refractivity (Wildman–Crippen MR) is 74.2 cm³/mol. The summed E-state index contributed by atoms with van der Waals surface area (Å²) >= 11 is 0. The first kappa shape index (κ1) is 15.7. The second kappa shape index (κ2) is 7.93. The van der Waals surface area contributed by atoms with Crippen molar-refractivity contribution in [3.63, 3.8) is 0 Å². The van der Waals surface area contributed by atoms with E-state index in [9.17, 15) is 14.9 Å². The van der Waals surface area contributed by atoms with Crippen LogP contribution in [-0.2, 0) is 4.79 Å². The number of hydrogen-bond acceptors (Lipinski definition) is 5. The van der Waals surface area contributed by atoms with Gasteiger partial charge in [0.2, 0.25) is 6.20 Å². The van der Waals surface area contributed by atoms with E-state index in [1.165, 1.54) is 13.2 Å². The lowest BCUT2D eigenvalue weighted by molar-refractivity contribution is -0.400. The van der Waals surface area contributed by atoms with Crippen molar-refractivity contribution in [3.8, 4) is 11.5 Å². The number of ether oxygens (including phenoxy) is 2. The van der Waals surface area contributed by atoms with Gasteiger partial charge in [-0.05, 0) is 24.1 Å². The van der Waals surface area contributed by atoms with Crippen LogP contribution in [0.4, 0.5) is 0 Å². The molecule has 0 saturated heterocycles. The SMILES string of the molecule is CCCCC(=O)Oc1ccc(/C=C/[N+](=O)[O-])cc1OC. The Balaban J connectivity index is 2.82. The van der Waals surface area contributed by atoms with E-state index in [4.69, 9.17) is 9.47 Å². The zero-order valence-electron chi connectivity index (χ0n) is 11.5. The number of benzene rings is 1. The Bertz CT molecular complexity index is 510. The smallest absolute Gasteiger partial charge is 0.311 e. The van der Waals surface area contributed by atoms with Crippen LogP contribution in [0.3, 0.4) is 0 Å². The topological polar surface area (TPSA) is 78.7 Å². The Hall–Kier alpha value is -2.37. The molecular weight excluding hydrogens is 262 g/mol. The Morgan fingerprint density at radius 2 is 2.15 bits per heavy atom. The van der Waals surface area contributed by atoms with Crippen LogP contribution in [0.25, 0.3) is 6.08 Å². The largest absolute Gasteiger partial charge is 0.493 e. The second-order valence-electron chi connectivity index (χ2n) is 4.09. The molecule has 0 spiro atoms. The predicted octanol–water partition coefficient (Wildman–Crippen LogP) is 3.04. The van der Waals surface area contributed by atoms with Crippen LogP contribution in [-0.4, -0.2) is 18.0 Å². The highest BCUT2D eigenvalue weighted by atomic mass is 16.6. The average molecular weight is 279 g/mol. The van der Waals surface area contributed by atoms with Gasteiger partial charge in [0.05, 0.1) is 12.0 Å². The molecule has 0 aliphatic heterocycles. The first-order valence-corrected chi connectivity index (χ1v) is 6.27. The van der Waals surface area contributed by atoms with E-state index in [0.717, 1.165) is 19.0 Å². The zero-order valence-corrected chi connectivity index (χ0v) is 11.5. The van der Waals surface area contributed by atoms with E-state index < -0.39 is 4.92 Å². The van der Waals surface area contributed by atoms with E-state index in [1.807, 2.05) is 6.92 Å². The lowest BCUT2D eigenvalue weighted by Crippen LogP contribution is -2.08. The van der Waals surface area contributed by atoms with Gasteiger partial charge < -0.3 is 9.47 Å². The number of nitrogens with zero attached hydrogens (tertiary/aromatic N) is 1. The maximum Gasteiger partial charge on any atom is 0.311 e. The van der Waals surface area contributed by atoms with Gasteiger partial charge in [0.25, 0.3) is 0 Å². The summed E-state index contributed by atoms with van der Waals surface area (Å²) in [7, 11) is 1.44. The van der Waals surface area contributed by atoms with E-state index >= 15 is 0 Å². The van der Waals surface area contributed by atoms with Crippen molar-refractivity contribution in [3.05, 3.63) is 40.1 Å². The van der Waals surface area contributed by atoms with Crippen molar-refractivity contribution in [2.75, 3.05) is 7.11 Å². The van der Waals surface area contributed by atoms with Crippen molar-refractivity contribution in [1.82, 2.24) is 0 Å². The highest BCUT2D eigenvalue weighted by Crippen LogP contribution is 2.29. The van der Waals surface area contributed by atoms with Crippen LogP contribution >= 0.6 is 0 Å². The standard InChI is InChI=1S/C14H17NO5/c1-3-4-5-14(16)20-12-7-6-11(8-9-15(17)18)10-13(12)19-2/h6-10H,3-5H2,1-2H3/b9-8+. The number of rotatable bonds is 7. The summed E-state index contributed by atoms with van der Waals surface area (Å²) in [6.45, 7) is 1.99. The third-order valence-corrected chi connectivity index (χ3v) is 2.53. The highest BCUT2D eigenvalue weighted by molar-refractivity contribution is 5.73. The molecule has 0 aliphatic carbocycles. The van der Waals surface area contributed by atoms with Gasteiger partial charge in [-0.3, -0.25) is 14.9 Å². The molecular formula is C14H17NO5. The Labute approximate surface area is 117 Å². The minimum absolute atomic E-state index is 0.312. The van der Waals surface area contributed by atoms with Crippen LogP contribution < -0.4 is 9.47 Å². The van der Waals surface area contributed by atoms with Gasteiger partial charge in [-0.1, -0.05) is 19.4 Å². The summed E-state index contributed by atoms with van der Waals surface area (Å²) in [5.41, 5.74) is 0.590. The molecule has 0 fully saturated rings. The lowest BCUT2D eigenvalue weighted by Gasteiger charge is -2.09. The molecule has 0 heterocycles. The molecule has 1 aromatic carbocycles. The van der Waals surface area contributed by atoms with E-state index in [1.54, 1.807) is 18.2 Å². The Morgan fingerprint density at radius 3 is 2.75 bits per heavy atom. The number of unbranched alkanes of at least 4 members (excludes halogenated alkanes) is 1. The summed E-state index contributed by atoms with van der Waals surface area (Å²) in [5.74, 6) is 0.353. The summed E-state index contributed by atoms with van der Waals surface area (Å²) in [6, 6.07) is 4.75. The van der Waals surface area contributed by atoms with Gasteiger partial charge in [0, 0.05) is 12.5 Å². The van der Waals surface area contributed by atoms with Crippen LogP contribution in [0.2, 0.25) is 0 Å². The fourth-order valence-electron chi connectivity index (χ4n) is 1.51. The highest BCUT2D eigenvalue weighted by Gasteiger charge is 2.10. The van der Waals surface area contributed by atoms with Gasteiger partial charge in [-0.15, -0.1) is 0 Å². The lowest BCUT2D eigenvalue weighted by atomic mass is 10.2. The molecule has 6 nitrogen and oxygen atoms in total. The molecule has 0 unspecified atom stereocenters. The van der Waals surface area contributed by atoms with Gasteiger partial charge >= 0.3 is 5.97 Å². The average Bonchev–Trinajstić information content (AvgIpc) is 2.43. The number of methoxy groups -OCH3 is 1. The van der Waals surface area contributed by atoms with E-state index in [2.05, 4.69) is 0 Å². The number of carbonyl (C=O) groups is 1. The second-order valence-corrected chi connectivity index (χ2v) is 4.09. The van der Waals surface area contributed by atoms with Crippen molar-refractivity contribution in [2.24, 2.45) is 0 Å². The first-order valence-electron chi connectivity index (χ1n) is 6.27. The van der Waals surface area contributed by atoms with Crippen LogP contribution in [0.15, 0.2) is 24.4 Å².